The summed E-state index contributed by atoms with van der Waals surface area (Å²) in [5.41, 5.74) is 0.740. The molecule has 162 valence electrons. The van der Waals surface area contributed by atoms with Crippen LogP contribution in [0.5, 0.6) is 0 Å². The predicted octanol–water partition coefficient (Wildman–Crippen LogP) is 0.302. The summed E-state index contributed by atoms with van der Waals surface area (Å²) in [5.74, 6) is -0.561. The molecule has 0 aliphatic carbocycles. The highest BCUT2D eigenvalue weighted by atomic mass is 16.5. The van der Waals surface area contributed by atoms with E-state index in [4.69, 9.17) is 9.84 Å². The first-order chi connectivity index (χ1) is 14.9. The van der Waals surface area contributed by atoms with Crippen LogP contribution in [0.2, 0.25) is 0 Å². The molecule has 0 aromatic carbocycles. The lowest BCUT2D eigenvalue weighted by Gasteiger charge is -2.33. The summed E-state index contributed by atoms with van der Waals surface area (Å²) in [7, 11) is 2.85. The number of piperazine rings is 1. The Kier molecular flexibility index (Phi) is 5.15. The maximum absolute atomic E-state index is 12.9. The normalized spacial score (nSPS) is 14.0. The van der Waals surface area contributed by atoms with Crippen molar-refractivity contribution in [2.45, 2.75) is 0 Å². The van der Waals surface area contributed by atoms with E-state index in [1.807, 2.05) is 4.90 Å². The fraction of sp³-hybridized carbons (Fsp3) is 0.333. The van der Waals surface area contributed by atoms with Gasteiger partial charge in [0, 0.05) is 45.6 Å². The molecule has 3 aromatic heterocycles. The number of carbonyl (C=O) groups is 3. The summed E-state index contributed by atoms with van der Waals surface area (Å²) in [6, 6.07) is 1.76. The number of carbonyl (C=O) groups excluding carboxylic acids is 2. The molecule has 1 fully saturated rings. The molecule has 0 spiro atoms. The van der Waals surface area contributed by atoms with Crippen LogP contribution in [0.25, 0.3) is 5.65 Å². The quantitative estimate of drug-likeness (QED) is 0.560. The number of carboxylic acid groups (broad SMARTS) is 1. The van der Waals surface area contributed by atoms with Crippen LogP contribution in [-0.2, 0) is 11.8 Å². The number of methoxy groups -OCH3 is 1. The second kappa shape index (κ2) is 7.93. The second-order valence-electron chi connectivity index (χ2n) is 6.88. The molecule has 4 heterocycles. The minimum Gasteiger partial charge on any atom is -0.465 e. The van der Waals surface area contributed by atoms with Crippen molar-refractivity contribution in [3.63, 3.8) is 0 Å². The van der Waals surface area contributed by atoms with Crippen molar-refractivity contribution in [1.82, 2.24) is 29.3 Å². The Morgan fingerprint density at radius 1 is 1.19 bits per heavy atom. The zero-order valence-corrected chi connectivity index (χ0v) is 16.8. The summed E-state index contributed by atoms with van der Waals surface area (Å²) < 4.78 is 7.56. The van der Waals surface area contributed by atoms with Crippen LogP contribution in [0, 0.1) is 0 Å². The predicted molar refractivity (Wildman–Crippen MR) is 107 cm³/mol. The van der Waals surface area contributed by atoms with Crippen molar-refractivity contribution in [2.24, 2.45) is 7.05 Å². The average molecular weight is 428 g/mol. The zero-order chi connectivity index (χ0) is 22.1. The van der Waals surface area contributed by atoms with Crippen LogP contribution in [0.4, 0.5) is 16.3 Å². The molecule has 1 saturated heterocycles. The molecule has 1 aliphatic heterocycles. The minimum absolute atomic E-state index is 0.0141. The van der Waals surface area contributed by atoms with E-state index in [2.05, 4.69) is 20.5 Å². The van der Waals surface area contributed by atoms with Crippen molar-refractivity contribution in [3.8, 4) is 0 Å². The van der Waals surface area contributed by atoms with Gasteiger partial charge in [-0.2, -0.15) is 10.2 Å². The lowest BCUT2D eigenvalue weighted by atomic mass is 10.3. The monoisotopic (exact) mass is 428 g/mol. The van der Waals surface area contributed by atoms with E-state index in [1.54, 1.807) is 19.3 Å². The Balaban J connectivity index is 1.58. The number of amides is 2. The standard InChI is InChI=1S/C18H20N8O5/c1-23-10-12(14(22-23)17(28)31-2)20-16(27)11-9-19-26-4-3-13(21-15(11)26)24-5-7-25(8-6-24)18(29)30/h3-4,9-10H,5-8H2,1-2H3,(H,20,27)(H,29,30). The number of anilines is 2. The molecular formula is C18H20N8O5. The van der Waals surface area contributed by atoms with Crippen molar-refractivity contribution in [1.29, 1.82) is 0 Å². The molecule has 0 bridgehead atoms. The summed E-state index contributed by atoms with van der Waals surface area (Å²) in [5, 5.41) is 19.9. The molecule has 31 heavy (non-hydrogen) atoms. The molecule has 2 N–H and O–H groups in total. The van der Waals surface area contributed by atoms with Crippen LogP contribution in [0.15, 0.2) is 24.7 Å². The van der Waals surface area contributed by atoms with E-state index >= 15 is 0 Å². The van der Waals surface area contributed by atoms with E-state index in [0.717, 1.165) is 0 Å². The third-order valence-electron chi connectivity index (χ3n) is 4.93. The highest BCUT2D eigenvalue weighted by molar-refractivity contribution is 6.10. The maximum Gasteiger partial charge on any atom is 0.407 e. The van der Waals surface area contributed by atoms with Gasteiger partial charge in [0.15, 0.2) is 11.3 Å². The van der Waals surface area contributed by atoms with Gasteiger partial charge in [-0.25, -0.2) is 19.1 Å². The molecule has 0 radical (unpaired) electrons. The van der Waals surface area contributed by atoms with Gasteiger partial charge in [0.2, 0.25) is 0 Å². The molecule has 1 aliphatic rings. The number of aryl methyl sites for hydroxylation is 1. The van der Waals surface area contributed by atoms with Crippen LogP contribution in [0.1, 0.15) is 20.8 Å². The van der Waals surface area contributed by atoms with Gasteiger partial charge < -0.3 is 25.0 Å². The smallest absolute Gasteiger partial charge is 0.407 e. The van der Waals surface area contributed by atoms with E-state index < -0.39 is 18.0 Å². The first-order valence-electron chi connectivity index (χ1n) is 9.38. The molecule has 13 nitrogen and oxygen atoms in total. The van der Waals surface area contributed by atoms with Crippen LogP contribution in [-0.4, -0.2) is 85.6 Å². The number of aromatic nitrogens is 5. The summed E-state index contributed by atoms with van der Waals surface area (Å²) in [6.07, 6.45) is 3.62. The first kappa shape index (κ1) is 20.1. The fourth-order valence-electron chi connectivity index (χ4n) is 3.34. The number of nitrogens with zero attached hydrogens (tertiary/aromatic N) is 7. The van der Waals surface area contributed by atoms with E-state index in [-0.39, 0.29) is 16.9 Å². The first-order valence-corrected chi connectivity index (χ1v) is 9.38. The third kappa shape index (κ3) is 3.84. The number of fused-ring (bicyclic) bond motifs is 1. The Hall–Kier alpha value is -4.16. The van der Waals surface area contributed by atoms with Crippen LogP contribution < -0.4 is 10.2 Å². The van der Waals surface area contributed by atoms with Crippen molar-refractivity contribution in [3.05, 3.63) is 35.9 Å². The van der Waals surface area contributed by atoms with Gasteiger partial charge in [-0.3, -0.25) is 9.48 Å². The molecule has 3 aromatic rings. The van der Waals surface area contributed by atoms with E-state index in [9.17, 15) is 14.4 Å². The number of esters is 1. The van der Waals surface area contributed by atoms with Crippen LogP contribution in [0.3, 0.4) is 0 Å². The van der Waals surface area contributed by atoms with Gasteiger partial charge in [-0.05, 0) is 6.07 Å². The molecular weight excluding hydrogens is 408 g/mol. The number of hydrogen-bond acceptors (Lipinski definition) is 8. The summed E-state index contributed by atoms with van der Waals surface area (Å²) in [4.78, 5) is 43.7. The van der Waals surface area contributed by atoms with Gasteiger partial charge >= 0.3 is 12.1 Å². The van der Waals surface area contributed by atoms with Gasteiger partial charge in [0.25, 0.3) is 5.91 Å². The van der Waals surface area contributed by atoms with Gasteiger partial charge in [-0.15, -0.1) is 0 Å². The zero-order valence-electron chi connectivity index (χ0n) is 16.8. The van der Waals surface area contributed by atoms with Crippen molar-refractivity contribution < 1.29 is 24.2 Å². The molecule has 4 rings (SSSR count). The summed E-state index contributed by atoms with van der Waals surface area (Å²) >= 11 is 0. The molecule has 0 saturated carbocycles. The fourth-order valence-corrected chi connectivity index (χ4v) is 3.34. The molecule has 0 unspecified atom stereocenters. The SMILES string of the molecule is COC(=O)c1nn(C)cc1NC(=O)c1cnn2ccc(N3CCN(C(=O)O)CC3)nc12. The number of hydrogen-bond donors (Lipinski definition) is 2. The number of ether oxygens (including phenoxy) is 1. The lowest BCUT2D eigenvalue weighted by molar-refractivity contribution is 0.0594. The highest BCUT2D eigenvalue weighted by Crippen LogP contribution is 2.20. The van der Waals surface area contributed by atoms with E-state index in [1.165, 1.54) is 33.6 Å². The van der Waals surface area contributed by atoms with Gasteiger partial charge in [0.1, 0.15) is 11.4 Å². The largest absolute Gasteiger partial charge is 0.465 e. The topological polar surface area (TPSA) is 147 Å². The average Bonchev–Trinajstić information content (AvgIpc) is 3.35. The second-order valence-corrected chi connectivity index (χ2v) is 6.88. The third-order valence-corrected chi connectivity index (χ3v) is 4.93. The molecule has 13 heteroatoms. The maximum atomic E-state index is 12.9. The number of rotatable bonds is 4. The Morgan fingerprint density at radius 2 is 1.94 bits per heavy atom. The molecule has 0 atom stereocenters. The Bertz CT molecular complexity index is 1160. The van der Waals surface area contributed by atoms with Crippen LogP contribution >= 0.6 is 0 Å². The van der Waals surface area contributed by atoms with E-state index in [0.29, 0.717) is 37.6 Å². The lowest BCUT2D eigenvalue weighted by Crippen LogP contribution is -2.48. The number of nitrogens with one attached hydrogen (secondary N) is 1. The van der Waals surface area contributed by atoms with Crippen molar-refractivity contribution in [2.75, 3.05) is 43.5 Å². The Morgan fingerprint density at radius 3 is 2.61 bits per heavy atom. The highest BCUT2D eigenvalue weighted by Gasteiger charge is 2.24. The van der Waals surface area contributed by atoms with Gasteiger partial charge in [0.05, 0.1) is 19.0 Å². The van der Waals surface area contributed by atoms with Crippen molar-refractivity contribution >= 4 is 35.1 Å². The minimum atomic E-state index is -0.945. The summed E-state index contributed by atoms with van der Waals surface area (Å²) in [6.45, 7) is 1.71. The Labute approximate surface area is 175 Å². The molecule has 2 amide bonds. The van der Waals surface area contributed by atoms with Gasteiger partial charge in [-0.1, -0.05) is 0 Å².